The van der Waals surface area contributed by atoms with Crippen LogP contribution in [0.25, 0.3) is 11.1 Å². The largest absolute Gasteiger partial charge is 0.322 e. The number of carbonyl (C=O) groups is 1. The van der Waals surface area contributed by atoms with Crippen LogP contribution in [0.3, 0.4) is 0 Å². The normalized spacial score (nSPS) is 10.3. The first-order valence-electron chi connectivity index (χ1n) is 7.82. The van der Waals surface area contributed by atoms with E-state index in [1.807, 2.05) is 66.7 Å². The maximum Gasteiger partial charge on any atom is 0.255 e. The Hall–Kier alpha value is -2.87. The molecule has 0 unspecified atom stereocenters. The Labute approximate surface area is 136 Å². The Kier molecular flexibility index (Phi) is 4.53. The minimum Gasteiger partial charge on any atom is -0.322 e. The molecule has 114 valence electrons. The predicted molar refractivity (Wildman–Crippen MR) is 95.7 cm³/mol. The monoisotopic (exact) mass is 301 g/mol. The summed E-state index contributed by atoms with van der Waals surface area (Å²) in [5.74, 6) is -0.0890. The lowest BCUT2D eigenvalue weighted by Crippen LogP contribution is -2.11. The van der Waals surface area contributed by atoms with Crippen molar-refractivity contribution in [3.8, 4) is 11.1 Å². The average molecular weight is 301 g/mol. The second-order valence-corrected chi connectivity index (χ2v) is 5.45. The zero-order chi connectivity index (χ0) is 16.1. The van der Waals surface area contributed by atoms with Gasteiger partial charge in [-0.1, -0.05) is 61.5 Å². The predicted octanol–water partition coefficient (Wildman–Crippen LogP) is 5.17. The third kappa shape index (κ3) is 3.67. The van der Waals surface area contributed by atoms with E-state index in [0.717, 1.165) is 23.2 Å². The zero-order valence-corrected chi connectivity index (χ0v) is 13.1. The van der Waals surface area contributed by atoms with Crippen LogP contribution in [0.4, 0.5) is 5.69 Å². The van der Waals surface area contributed by atoms with Gasteiger partial charge in [-0.2, -0.15) is 0 Å². The average Bonchev–Trinajstić information content (AvgIpc) is 2.63. The molecule has 0 bridgehead atoms. The fourth-order valence-corrected chi connectivity index (χ4v) is 2.47. The van der Waals surface area contributed by atoms with Gasteiger partial charge in [-0.25, -0.2) is 0 Å². The second-order valence-electron chi connectivity index (χ2n) is 5.45. The molecule has 0 saturated carbocycles. The summed E-state index contributed by atoms with van der Waals surface area (Å²) in [4.78, 5) is 12.3. The van der Waals surface area contributed by atoms with Gasteiger partial charge in [0.1, 0.15) is 0 Å². The number of aryl methyl sites for hydroxylation is 1. The molecule has 0 saturated heterocycles. The van der Waals surface area contributed by atoms with Crippen molar-refractivity contribution in [2.24, 2.45) is 0 Å². The third-order valence-electron chi connectivity index (χ3n) is 3.87. The summed E-state index contributed by atoms with van der Waals surface area (Å²) in [5.41, 5.74) is 4.99. The van der Waals surface area contributed by atoms with E-state index in [1.54, 1.807) is 0 Å². The van der Waals surface area contributed by atoms with Crippen molar-refractivity contribution in [1.29, 1.82) is 0 Å². The highest BCUT2D eigenvalue weighted by Crippen LogP contribution is 2.20. The van der Waals surface area contributed by atoms with E-state index in [2.05, 4.69) is 24.4 Å². The lowest BCUT2D eigenvalue weighted by Gasteiger charge is -2.07. The highest BCUT2D eigenvalue weighted by molar-refractivity contribution is 6.04. The maximum absolute atomic E-state index is 12.3. The van der Waals surface area contributed by atoms with Crippen molar-refractivity contribution < 1.29 is 4.79 Å². The van der Waals surface area contributed by atoms with Crippen LogP contribution in [-0.2, 0) is 6.42 Å². The molecule has 0 fully saturated rings. The van der Waals surface area contributed by atoms with Crippen LogP contribution < -0.4 is 5.32 Å². The summed E-state index contributed by atoms with van der Waals surface area (Å²) in [6, 6.07) is 25.8. The molecule has 3 aromatic carbocycles. The van der Waals surface area contributed by atoms with Crippen molar-refractivity contribution in [3.05, 3.63) is 90.0 Å². The highest BCUT2D eigenvalue weighted by Gasteiger charge is 2.06. The summed E-state index contributed by atoms with van der Waals surface area (Å²) in [6.07, 6.45) is 0.995. The van der Waals surface area contributed by atoms with Gasteiger partial charge >= 0.3 is 0 Å². The van der Waals surface area contributed by atoms with E-state index in [1.165, 1.54) is 5.56 Å². The smallest absolute Gasteiger partial charge is 0.255 e. The maximum atomic E-state index is 12.3. The minimum absolute atomic E-state index is 0.0890. The number of hydrogen-bond acceptors (Lipinski definition) is 1. The van der Waals surface area contributed by atoms with Crippen molar-refractivity contribution in [2.45, 2.75) is 13.3 Å². The molecule has 0 spiro atoms. The molecule has 3 aromatic rings. The van der Waals surface area contributed by atoms with Crippen LogP contribution >= 0.6 is 0 Å². The molecule has 0 aliphatic heterocycles. The Morgan fingerprint density at radius 3 is 2.00 bits per heavy atom. The summed E-state index contributed by atoms with van der Waals surface area (Å²) in [5, 5.41) is 2.93. The Morgan fingerprint density at radius 1 is 0.783 bits per heavy atom. The van der Waals surface area contributed by atoms with Crippen LogP contribution in [-0.4, -0.2) is 5.91 Å². The van der Waals surface area contributed by atoms with Gasteiger partial charge in [-0.05, 0) is 47.4 Å². The fraction of sp³-hybridized carbons (Fsp3) is 0.0952. The Balaban J connectivity index is 1.72. The number of carbonyl (C=O) groups excluding carboxylic acids is 1. The number of hydrogen-bond donors (Lipinski definition) is 1. The van der Waals surface area contributed by atoms with Gasteiger partial charge in [0.25, 0.3) is 5.91 Å². The first-order valence-corrected chi connectivity index (χ1v) is 7.82. The Bertz CT molecular complexity index is 774. The van der Waals surface area contributed by atoms with Gasteiger partial charge in [0.2, 0.25) is 0 Å². The van der Waals surface area contributed by atoms with E-state index in [-0.39, 0.29) is 5.91 Å². The number of benzene rings is 3. The topological polar surface area (TPSA) is 29.1 Å². The van der Waals surface area contributed by atoms with E-state index in [4.69, 9.17) is 0 Å². The van der Waals surface area contributed by atoms with Crippen molar-refractivity contribution in [2.75, 3.05) is 5.32 Å². The molecule has 0 aliphatic carbocycles. The molecule has 2 nitrogen and oxygen atoms in total. The number of nitrogens with one attached hydrogen (secondary N) is 1. The van der Waals surface area contributed by atoms with Crippen LogP contribution in [0.1, 0.15) is 22.8 Å². The SMILES string of the molecule is CCc1ccc(NC(=O)c2ccc(-c3ccccc3)cc2)cc1. The third-order valence-corrected chi connectivity index (χ3v) is 3.87. The summed E-state index contributed by atoms with van der Waals surface area (Å²) >= 11 is 0. The molecule has 2 heteroatoms. The van der Waals surface area contributed by atoms with Gasteiger partial charge in [0.05, 0.1) is 0 Å². The lowest BCUT2D eigenvalue weighted by atomic mass is 10.0. The fourth-order valence-electron chi connectivity index (χ4n) is 2.47. The number of amides is 1. The minimum atomic E-state index is -0.0890. The molecule has 0 aliphatic rings. The number of rotatable bonds is 4. The first kappa shape index (κ1) is 15.0. The van der Waals surface area contributed by atoms with Crippen LogP contribution in [0.5, 0.6) is 0 Å². The quantitative estimate of drug-likeness (QED) is 0.708. The molecular formula is C21H19NO. The van der Waals surface area contributed by atoms with Gasteiger partial charge in [-0.15, -0.1) is 0 Å². The standard InChI is InChI=1S/C21H19NO/c1-2-16-8-14-20(15-9-16)22-21(23)19-12-10-18(11-13-19)17-6-4-3-5-7-17/h3-15H,2H2,1H3,(H,22,23). The first-order chi connectivity index (χ1) is 11.3. The van der Waals surface area contributed by atoms with Crippen molar-refractivity contribution in [3.63, 3.8) is 0 Å². The van der Waals surface area contributed by atoms with Gasteiger partial charge in [0.15, 0.2) is 0 Å². The highest BCUT2D eigenvalue weighted by atomic mass is 16.1. The number of anilines is 1. The summed E-state index contributed by atoms with van der Waals surface area (Å²) < 4.78 is 0. The Morgan fingerprint density at radius 2 is 1.39 bits per heavy atom. The molecule has 0 heterocycles. The van der Waals surface area contributed by atoms with Gasteiger partial charge < -0.3 is 5.32 Å². The zero-order valence-electron chi connectivity index (χ0n) is 13.1. The molecule has 23 heavy (non-hydrogen) atoms. The lowest BCUT2D eigenvalue weighted by molar-refractivity contribution is 0.102. The molecule has 1 N–H and O–H groups in total. The van der Waals surface area contributed by atoms with Gasteiger partial charge in [-0.3, -0.25) is 4.79 Å². The molecule has 3 rings (SSSR count). The molecule has 1 amide bonds. The van der Waals surface area contributed by atoms with E-state index < -0.39 is 0 Å². The molecule has 0 radical (unpaired) electrons. The van der Waals surface area contributed by atoms with Crippen molar-refractivity contribution >= 4 is 11.6 Å². The van der Waals surface area contributed by atoms with E-state index >= 15 is 0 Å². The summed E-state index contributed by atoms with van der Waals surface area (Å²) in [7, 11) is 0. The van der Waals surface area contributed by atoms with E-state index in [0.29, 0.717) is 5.56 Å². The molecule has 0 atom stereocenters. The van der Waals surface area contributed by atoms with Crippen LogP contribution in [0.15, 0.2) is 78.9 Å². The second kappa shape index (κ2) is 6.93. The van der Waals surface area contributed by atoms with Crippen LogP contribution in [0, 0.1) is 0 Å². The van der Waals surface area contributed by atoms with E-state index in [9.17, 15) is 4.79 Å². The molecular weight excluding hydrogens is 282 g/mol. The molecule has 0 aromatic heterocycles. The van der Waals surface area contributed by atoms with Crippen LogP contribution in [0.2, 0.25) is 0 Å². The summed E-state index contributed by atoms with van der Waals surface area (Å²) in [6.45, 7) is 2.11. The van der Waals surface area contributed by atoms with Gasteiger partial charge in [0, 0.05) is 11.3 Å². The van der Waals surface area contributed by atoms with Crippen molar-refractivity contribution in [1.82, 2.24) is 0 Å².